The molecule has 2 N–H and O–H groups in total. The first-order chi connectivity index (χ1) is 9.59. The molecule has 2 aromatic rings. The summed E-state index contributed by atoms with van der Waals surface area (Å²) >= 11 is 3.49. The van der Waals surface area contributed by atoms with E-state index < -0.39 is 6.04 Å². The van der Waals surface area contributed by atoms with Gasteiger partial charge in [-0.05, 0) is 17.2 Å². The van der Waals surface area contributed by atoms with Crippen molar-refractivity contribution in [1.82, 2.24) is 4.90 Å². The van der Waals surface area contributed by atoms with E-state index in [9.17, 15) is 4.79 Å². The second kappa shape index (κ2) is 6.68. The molecule has 0 saturated heterocycles. The lowest BCUT2D eigenvalue weighted by molar-refractivity contribution is -0.132. The first kappa shape index (κ1) is 14.8. The molecule has 0 spiro atoms. The maximum absolute atomic E-state index is 12.3. The van der Waals surface area contributed by atoms with Crippen molar-refractivity contribution >= 4 is 21.8 Å². The van der Waals surface area contributed by atoms with Gasteiger partial charge in [0, 0.05) is 18.1 Å². The van der Waals surface area contributed by atoms with Crippen molar-refractivity contribution in [3.05, 3.63) is 70.2 Å². The van der Waals surface area contributed by atoms with Crippen molar-refractivity contribution in [1.29, 1.82) is 0 Å². The number of halogens is 1. The Balaban J connectivity index is 2.08. The Bertz CT molecular complexity index is 586. The van der Waals surface area contributed by atoms with Crippen LogP contribution in [0.1, 0.15) is 17.2 Å². The maximum atomic E-state index is 12.3. The average Bonchev–Trinajstić information content (AvgIpc) is 2.49. The molecule has 0 bridgehead atoms. The highest BCUT2D eigenvalue weighted by Gasteiger charge is 2.20. The van der Waals surface area contributed by atoms with E-state index in [-0.39, 0.29) is 5.91 Å². The Morgan fingerprint density at radius 2 is 1.75 bits per heavy atom. The van der Waals surface area contributed by atoms with Gasteiger partial charge in [0.15, 0.2) is 0 Å². The monoisotopic (exact) mass is 332 g/mol. The van der Waals surface area contributed by atoms with Gasteiger partial charge in [-0.15, -0.1) is 0 Å². The number of carbonyl (C=O) groups is 1. The van der Waals surface area contributed by atoms with E-state index in [1.807, 2.05) is 54.6 Å². The molecular weight excluding hydrogens is 316 g/mol. The molecule has 0 aliphatic rings. The van der Waals surface area contributed by atoms with Crippen molar-refractivity contribution in [2.75, 3.05) is 7.05 Å². The molecule has 0 aliphatic carbocycles. The van der Waals surface area contributed by atoms with Crippen LogP contribution in [0.4, 0.5) is 0 Å². The molecule has 0 radical (unpaired) electrons. The fourth-order valence-corrected chi connectivity index (χ4v) is 2.41. The summed E-state index contributed by atoms with van der Waals surface area (Å²) in [5.41, 5.74) is 7.92. The number of hydrogen-bond acceptors (Lipinski definition) is 2. The number of carbonyl (C=O) groups excluding carboxylic acids is 1. The molecular formula is C16H17BrN2O. The van der Waals surface area contributed by atoms with Crippen LogP contribution in [0.25, 0.3) is 0 Å². The van der Waals surface area contributed by atoms with Gasteiger partial charge in [0.1, 0.15) is 6.04 Å². The van der Waals surface area contributed by atoms with Crippen molar-refractivity contribution < 1.29 is 4.79 Å². The van der Waals surface area contributed by atoms with Gasteiger partial charge in [0.25, 0.3) is 0 Å². The third-order valence-corrected chi connectivity index (χ3v) is 3.94. The Kier molecular flexibility index (Phi) is 4.93. The molecule has 2 aromatic carbocycles. The number of nitrogens with two attached hydrogens (primary N) is 1. The molecule has 1 amide bonds. The second-order valence-electron chi connectivity index (χ2n) is 4.67. The van der Waals surface area contributed by atoms with Crippen molar-refractivity contribution in [3.63, 3.8) is 0 Å². The van der Waals surface area contributed by atoms with Crippen LogP contribution in [-0.4, -0.2) is 17.9 Å². The van der Waals surface area contributed by atoms with Crippen molar-refractivity contribution in [3.8, 4) is 0 Å². The van der Waals surface area contributed by atoms with E-state index in [0.29, 0.717) is 6.54 Å². The summed E-state index contributed by atoms with van der Waals surface area (Å²) in [6.45, 7) is 0.529. The van der Waals surface area contributed by atoms with Gasteiger partial charge in [-0.25, -0.2) is 0 Å². The average molecular weight is 333 g/mol. The molecule has 0 aliphatic heterocycles. The minimum Gasteiger partial charge on any atom is -0.340 e. The SMILES string of the molecule is CN(Cc1ccccc1Br)C(=O)[C@H](N)c1ccccc1. The summed E-state index contributed by atoms with van der Waals surface area (Å²) < 4.78 is 0.993. The standard InChI is InChI=1S/C16H17BrN2O/c1-19(11-13-9-5-6-10-14(13)17)16(20)15(18)12-7-3-2-4-8-12/h2-10,15H,11,18H2,1H3/t15-/m1/s1. The molecule has 104 valence electrons. The highest BCUT2D eigenvalue weighted by molar-refractivity contribution is 9.10. The zero-order chi connectivity index (χ0) is 14.5. The fourth-order valence-electron chi connectivity index (χ4n) is 2.00. The van der Waals surface area contributed by atoms with Gasteiger partial charge in [-0.2, -0.15) is 0 Å². The number of likely N-dealkylation sites (N-methyl/N-ethyl adjacent to an activating group) is 1. The predicted octanol–water partition coefficient (Wildman–Crippen LogP) is 3.11. The van der Waals surface area contributed by atoms with Crippen LogP contribution in [0.3, 0.4) is 0 Å². The minimum atomic E-state index is -0.622. The summed E-state index contributed by atoms with van der Waals surface area (Å²) in [7, 11) is 1.77. The Labute approximate surface area is 127 Å². The lowest BCUT2D eigenvalue weighted by atomic mass is 10.1. The quantitative estimate of drug-likeness (QED) is 0.935. The van der Waals surface area contributed by atoms with Gasteiger partial charge in [0.2, 0.25) is 5.91 Å². The largest absolute Gasteiger partial charge is 0.340 e. The smallest absolute Gasteiger partial charge is 0.244 e. The molecule has 1 atom stereocenters. The number of benzene rings is 2. The van der Waals surface area contributed by atoms with Gasteiger partial charge in [-0.1, -0.05) is 64.5 Å². The van der Waals surface area contributed by atoms with Crippen LogP contribution in [-0.2, 0) is 11.3 Å². The fraction of sp³-hybridized carbons (Fsp3) is 0.188. The van der Waals surface area contributed by atoms with Crippen LogP contribution < -0.4 is 5.73 Å². The van der Waals surface area contributed by atoms with E-state index in [1.165, 1.54) is 0 Å². The van der Waals surface area contributed by atoms with Crippen molar-refractivity contribution in [2.24, 2.45) is 5.73 Å². The molecule has 0 fully saturated rings. The molecule has 3 nitrogen and oxygen atoms in total. The summed E-state index contributed by atoms with van der Waals surface area (Å²) in [5, 5.41) is 0. The van der Waals surface area contributed by atoms with E-state index >= 15 is 0 Å². The number of hydrogen-bond donors (Lipinski definition) is 1. The molecule has 2 rings (SSSR count). The highest BCUT2D eigenvalue weighted by Crippen LogP contribution is 2.19. The molecule has 0 unspecified atom stereocenters. The summed E-state index contributed by atoms with van der Waals surface area (Å²) in [6.07, 6.45) is 0. The lowest BCUT2D eigenvalue weighted by Crippen LogP contribution is -2.35. The van der Waals surface area contributed by atoms with E-state index in [1.54, 1.807) is 11.9 Å². The molecule has 0 aromatic heterocycles. The zero-order valence-corrected chi connectivity index (χ0v) is 12.9. The normalized spacial score (nSPS) is 11.9. The topological polar surface area (TPSA) is 46.3 Å². The Morgan fingerprint density at radius 1 is 1.15 bits per heavy atom. The van der Waals surface area contributed by atoms with Gasteiger partial charge in [-0.3, -0.25) is 4.79 Å². The van der Waals surface area contributed by atoms with Gasteiger partial charge >= 0.3 is 0 Å². The van der Waals surface area contributed by atoms with Crippen LogP contribution >= 0.6 is 15.9 Å². The van der Waals surface area contributed by atoms with Crippen LogP contribution in [0.5, 0.6) is 0 Å². The van der Waals surface area contributed by atoms with E-state index in [2.05, 4.69) is 15.9 Å². The second-order valence-corrected chi connectivity index (χ2v) is 5.53. The van der Waals surface area contributed by atoms with E-state index in [0.717, 1.165) is 15.6 Å². The summed E-state index contributed by atoms with van der Waals surface area (Å²) in [4.78, 5) is 14.0. The lowest BCUT2D eigenvalue weighted by Gasteiger charge is -2.22. The third kappa shape index (κ3) is 3.46. The number of nitrogens with zero attached hydrogens (tertiary/aromatic N) is 1. The maximum Gasteiger partial charge on any atom is 0.244 e. The minimum absolute atomic E-state index is 0.0908. The number of amides is 1. The molecule has 0 saturated carbocycles. The molecule has 4 heteroatoms. The first-order valence-electron chi connectivity index (χ1n) is 6.38. The Morgan fingerprint density at radius 3 is 2.40 bits per heavy atom. The van der Waals surface area contributed by atoms with Gasteiger partial charge < -0.3 is 10.6 Å². The van der Waals surface area contributed by atoms with Crippen LogP contribution in [0.2, 0.25) is 0 Å². The van der Waals surface area contributed by atoms with E-state index in [4.69, 9.17) is 5.73 Å². The van der Waals surface area contributed by atoms with Crippen LogP contribution in [0.15, 0.2) is 59.1 Å². The van der Waals surface area contributed by atoms with Crippen LogP contribution in [0, 0.1) is 0 Å². The molecule has 20 heavy (non-hydrogen) atoms. The zero-order valence-electron chi connectivity index (χ0n) is 11.3. The predicted molar refractivity (Wildman–Crippen MR) is 84.0 cm³/mol. The van der Waals surface area contributed by atoms with Crippen molar-refractivity contribution in [2.45, 2.75) is 12.6 Å². The Hall–Kier alpha value is -1.65. The molecule has 0 heterocycles. The number of rotatable bonds is 4. The summed E-state index contributed by atoms with van der Waals surface area (Å²) in [5.74, 6) is -0.0908. The highest BCUT2D eigenvalue weighted by atomic mass is 79.9. The third-order valence-electron chi connectivity index (χ3n) is 3.17. The summed E-state index contributed by atoms with van der Waals surface area (Å²) in [6, 6.07) is 16.7. The van der Waals surface area contributed by atoms with Gasteiger partial charge in [0.05, 0.1) is 0 Å². The first-order valence-corrected chi connectivity index (χ1v) is 7.18.